The van der Waals surface area contributed by atoms with Gasteiger partial charge in [0.15, 0.2) is 0 Å². The maximum Gasteiger partial charge on any atom is 0.129 e. The average Bonchev–Trinajstić information content (AvgIpc) is 2.46. The standard InChI is InChI=1S/C16H13F2NO2/c17-13-8-14(18)10-16(9-13)21-6-2-5-20-15-4-1-3-12(7-15)11-19/h1,3-4,7-10H,2,5-6H2. The Morgan fingerprint density at radius 2 is 1.57 bits per heavy atom. The van der Waals surface area contributed by atoms with Crippen LogP contribution in [0.1, 0.15) is 12.0 Å². The molecular formula is C16H13F2NO2. The zero-order chi connectivity index (χ0) is 15.1. The minimum absolute atomic E-state index is 0.152. The lowest BCUT2D eigenvalue weighted by Crippen LogP contribution is -2.05. The highest BCUT2D eigenvalue weighted by Gasteiger charge is 2.01. The number of nitriles is 1. The van der Waals surface area contributed by atoms with Crippen molar-refractivity contribution in [1.82, 2.24) is 0 Å². The largest absolute Gasteiger partial charge is 0.493 e. The SMILES string of the molecule is N#Cc1cccc(OCCCOc2cc(F)cc(F)c2)c1. The number of hydrogen-bond donors (Lipinski definition) is 0. The lowest BCUT2D eigenvalue weighted by molar-refractivity contribution is 0.246. The van der Waals surface area contributed by atoms with Gasteiger partial charge in [0.2, 0.25) is 0 Å². The molecule has 0 atom stereocenters. The van der Waals surface area contributed by atoms with Crippen molar-refractivity contribution in [3.8, 4) is 17.6 Å². The first-order valence-electron chi connectivity index (χ1n) is 6.39. The fourth-order valence-electron chi connectivity index (χ4n) is 1.71. The molecule has 3 nitrogen and oxygen atoms in total. The van der Waals surface area contributed by atoms with E-state index in [1.54, 1.807) is 24.3 Å². The molecule has 0 radical (unpaired) electrons. The van der Waals surface area contributed by atoms with Gasteiger partial charge in [-0.2, -0.15) is 5.26 Å². The zero-order valence-electron chi connectivity index (χ0n) is 11.2. The van der Waals surface area contributed by atoms with Crippen LogP contribution in [0.25, 0.3) is 0 Å². The monoisotopic (exact) mass is 289 g/mol. The summed E-state index contributed by atoms with van der Waals surface area (Å²) in [5.74, 6) is -0.589. The molecule has 0 heterocycles. The van der Waals surface area contributed by atoms with Gasteiger partial charge in [0.05, 0.1) is 24.8 Å². The third-order valence-corrected chi connectivity index (χ3v) is 2.63. The van der Waals surface area contributed by atoms with E-state index < -0.39 is 11.6 Å². The van der Waals surface area contributed by atoms with Crippen molar-refractivity contribution in [3.05, 3.63) is 59.7 Å². The Labute approximate surface area is 121 Å². The molecule has 21 heavy (non-hydrogen) atoms. The van der Waals surface area contributed by atoms with Crippen LogP contribution in [0.3, 0.4) is 0 Å². The van der Waals surface area contributed by atoms with Crippen LogP contribution in [-0.2, 0) is 0 Å². The second-order valence-corrected chi connectivity index (χ2v) is 4.30. The lowest BCUT2D eigenvalue weighted by Gasteiger charge is -2.08. The number of nitrogens with zero attached hydrogens (tertiary/aromatic N) is 1. The summed E-state index contributed by atoms with van der Waals surface area (Å²) in [6, 6.07) is 11.9. The summed E-state index contributed by atoms with van der Waals surface area (Å²) >= 11 is 0. The molecule has 0 N–H and O–H groups in total. The van der Waals surface area contributed by atoms with Crippen LogP contribution in [0.15, 0.2) is 42.5 Å². The van der Waals surface area contributed by atoms with Crippen molar-refractivity contribution in [1.29, 1.82) is 5.26 Å². The molecule has 0 aliphatic heterocycles. The van der Waals surface area contributed by atoms with Crippen molar-refractivity contribution < 1.29 is 18.3 Å². The van der Waals surface area contributed by atoms with Crippen LogP contribution in [0.2, 0.25) is 0 Å². The summed E-state index contributed by atoms with van der Waals surface area (Å²) in [4.78, 5) is 0. The molecule has 108 valence electrons. The molecule has 0 fully saturated rings. The van der Waals surface area contributed by atoms with Gasteiger partial charge in [-0.3, -0.25) is 0 Å². The summed E-state index contributed by atoms with van der Waals surface area (Å²) < 4.78 is 36.5. The zero-order valence-corrected chi connectivity index (χ0v) is 11.2. The van der Waals surface area contributed by atoms with E-state index >= 15 is 0 Å². The van der Waals surface area contributed by atoms with E-state index in [2.05, 4.69) is 0 Å². The lowest BCUT2D eigenvalue weighted by atomic mass is 10.2. The Kier molecular flexibility index (Phi) is 5.10. The molecule has 0 spiro atoms. The van der Waals surface area contributed by atoms with Crippen molar-refractivity contribution in [2.45, 2.75) is 6.42 Å². The van der Waals surface area contributed by atoms with Gasteiger partial charge in [0.1, 0.15) is 23.1 Å². The molecule has 0 aromatic heterocycles. The summed E-state index contributed by atoms with van der Waals surface area (Å²) in [5.41, 5.74) is 0.527. The highest BCUT2D eigenvalue weighted by Crippen LogP contribution is 2.16. The Morgan fingerprint density at radius 1 is 0.905 bits per heavy atom. The van der Waals surface area contributed by atoms with Crippen LogP contribution >= 0.6 is 0 Å². The fourth-order valence-corrected chi connectivity index (χ4v) is 1.71. The summed E-state index contributed by atoms with van der Waals surface area (Å²) in [6.45, 7) is 0.660. The van der Waals surface area contributed by atoms with Gasteiger partial charge in [-0.25, -0.2) is 8.78 Å². The third kappa shape index (κ3) is 4.77. The molecule has 2 rings (SSSR count). The molecule has 0 saturated carbocycles. The number of ether oxygens (including phenoxy) is 2. The molecule has 0 aliphatic carbocycles. The predicted octanol–water partition coefficient (Wildman–Crippen LogP) is 3.68. The average molecular weight is 289 g/mol. The van der Waals surface area contributed by atoms with Gasteiger partial charge in [0.25, 0.3) is 0 Å². The Bertz CT molecular complexity index is 633. The van der Waals surface area contributed by atoms with Crippen molar-refractivity contribution in [3.63, 3.8) is 0 Å². The Morgan fingerprint density at radius 3 is 2.24 bits per heavy atom. The number of rotatable bonds is 6. The minimum Gasteiger partial charge on any atom is -0.493 e. The van der Waals surface area contributed by atoms with Gasteiger partial charge in [-0.1, -0.05) is 6.07 Å². The third-order valence-electron chi connectivity index (χ3n) is 2.63. The maximum atomic E-state index is 12.9. The highest BCUT2D eigenvalue weighted by atomic mass is 19.1. The second-order valence-electron chi connectivity index (χ2n) is 4.30. The molecular weight excluding hydrogens is 276 g/mol. The smallest absolute Gasteiger partial charge is 0.129 e. The Hall–Kier alpha value is -2.61. The van der Waals surface area contributed by atoms with Gasteiger partial charge in [-0.15, -0.1) is 0 Å². The number of benzene rings is 2. The number of halogens is 2. The quantitative estimate of drug-likeness (QED) is 0.762. The molecule has 0 unspecified atom stereocenters. The molecule has 5 heteroatoms. The molecule has 0 saturated heterocycles. The number of hydrogen-bond acceptors (Lipinski definition) is 3. The van der Waals surface area contributed by atoms with E-state index in [1.165, 1.54) is 0 Å². The van der Waals surface area contributed by atoms with Crippen LogP contribution in [-0.4, -0.2) is 13.2 Å². The molecule has 0 bridgehead atoms. The predicted molar refractivity (Wildman–Crippen MR) is 73.1 cm³/mol. The van der Waals surface area contributed by atoms with Crippen LogP contribution in [0.5, 0.6) is 11.5 Å². The van der Waals surface area contributed by atoms with Gasteiger partial charge >= 0.3 is 0 Å². The first-order valence-corrected chi connectivity index (χ1v) is 6.39. The van der Waals surface area contributed by atoms with Crippen LogP contribution in [0, 0.1) is 23.0 Å². The highest BCUT2D eigenvalue weighted by molar-refractivity contribution is 5.36. The normalized spacial score (nSPS) is 9.95. The fraction of sp³-hybridized carbons (Fsp3) is 0.188. The van der Waals surface area contributed by atoms with Crippen LogP contribution < -0.4 is 9.47 Å². The van der Waals surface area contributed by atoms with E-state index in [-0.39, 0.29) is 12.4 Å². The summed E-state index contributed by atoms with van der Waals surface area (Å²) in [7, 11) is 0. The van der Waals surface area contributed by atoms with E-state index in [9.17, 15) is 8.78 Å². The van der Waals surface area contributed by atoms with Crippen molar-refractivity contribution in [2.75, 3.05) is 13.2 Å². The topological polar surface area (TPSA) is 42.2 Å². The van der Waals surface area contributed by atoms with Crippen molar-refractivity contribution in [2.24, 2.45) is 0 Å². The van der Waals surface area contributed by atoms with Gasteiger partial charge in [0, 0.05) is 24.6 Å². The first kappa shape index (κ1) is 14.8. The second kappa shape index (κ2) is 7.25. The summed E-state index contributed by atoms with van der Waals surface area (Å²) in [5, 5.41) is 8.76. The van der Waals surface area contributed by atoms with Gasteiger partial charge < -0.3 is 9.47 Å². The molecule has 0 aliphatic rings. The van der Waals surface area contributed by atoms with E-state index in [1.807, 2.05) is 6.07 Å². The van der Waals surface area contributed by atoms with Crippen molar-refractivity contribution >= 4 is 0 Å². The first-order chi connectivity index (χ1) is 10.2. The Balaban J connectivity index is 1.73. The van der Waals surface area contributed by atoms with Crippen LogP contribution in [0.4, 0.5) is 8.78 Å². The summed E-state index contributed by atoms with van der Waals surface area (Å²) in [6.07, 6.45) is 0.551. The maximum absolute atomic E-state index is 12.9. The molecule has 0 amide bonds. The van der Waals surface area contributed by atoms with E-state index in [0.717, 1.165) is 18.2 Å². The van der Waals surface area contributed by atoms with E-state index in [0.29, 0.717) is 24.3 Å². The minimum atomic E-state index is -0.672. The molecule has 2 aromatic rings. The van der Waals surface area contributed by atoms with Gasteiger partial charge in [-0.05, 0) is 18.2 Å². The van der Waals surface area contributed by atoms with E-state index in [4.69, 9.17) is 14.7 Å². The molecule has 2 aromatic carbocycles.